The standard InChI is InChI=1S/C14H7Cl2F2N/c15-9-3-1-8(2-4-9)13-14(17,18)11-6-5-10(16)7-12(11)19-13/h1-7H. The van der Waals surface area contributed by atoms with Gasteiger partial charge in [0.1, 0.15) is 5.71 Å². The molecule has 96 valence electrons. The molecule has 0 saturated carbocycles. The molecule has 0 unspecified atom stereocenters. The molecule has 0 atom stereocenters. The van der Waals surface area contributed by atoms with E-state index in [0.29, 0.717) is 15.6 Å². The number of hydrogen-bond acceptors (Lipinski definition) is 1. The molecule has 2 aromatic rings. The molecule has 19 heavy (non-hydrogen) atoms. The third kappa shape index (κ3) is 2.03. The van der Waals surface area contributed by atoms with Crippen molar-refractivity contribution < 1.29 is 8.78 Å². The van der Waals surface area contributed by atoms with Crippen molar-refractivity contribution in [3.05, 3.63) is 63.6 Å². The Hall–Kier alpha value is -1.45. The molecule has 0 bridgehead atoms. The van der Waals surface area contributed by atoms with Crippen LogP contribution in [-0.2, 0) is 5.92 Å². The molecule has 0 saturated heterocycles. The normalized spacial score (nSPS) is 16.1. The van der Waals surface area contributed by atoms with Crippen LogP contribution in [0, 0.1) is 0 Å². The average Bonchev–Trinajstić information content (AvgIpc) is 2.62. The van der Waals surface area contributed by atoms with Gasteiger partial charge >= 0.3 is 5.92 Å². The summed E-state index contributed by atoms with van der Waals surface area (Å²) in [6.07, 6.45) is 0. The van der Waals surface area contributed by atoms with Crippen molar-refractivity contribution in [2.75, 3.05) is 0 Å². The molecular formula is C14H7Cl2F2N. The van der Waals surface area contributed by atoms with Crippen molar-refractivity contribution in [3.63, 3.8) is 0 Å². The molecule has 2 aromatic carbocycles. The molecule has 3 rings (SSSR count). The predicted molar refractivity (Wildman–Crippen MR) is 73.0 cm³/mol. The molecule has 1 nitrogen and oxygen atoms in total. The Morgan fingerprint density at radius 3 is 2.21 bits per heavy atom. The highest BCUT2D eigenvalue weighted by Crippen LogP contribution is 2.45. The molecule has 0 spiro atoms. The molecule has 0 radical (unpaired) electrons. The number of fused-ring (bicyclic) bond motifs is 1. The fourth-order valence-corrected chi connectivity index (χ4v) is 2.33. The molecular weight excluding hydrogens is 291 g/mol. The lowest BCUT2D eigenvalue weighted by molar-refractivity contribution is 0.0810. The summed E-state index contributed by atoms with van der Waals surface area (Å²) < 4.78 is 28.6. The number of halogens is 4. The van der Waals surface area contributed by atoms with Gasteiger partial charge in [0.15, 0.2) is 0 Å². The minimum absolute atomic E-state index is 0.123. The fourth-order valence-electron chi connectivity index (χ4n) is 2.03. The Kier molecular flexibility index (Phi) is 2.84. The maximum atomic E-state index is 14.3. The molecule has 0 aromatic heterocycles. The number of alkyl halides is 2. The summed E-state index contributed by atoms with van der Waals surface area (Å²) >= 11 is 11.6. The van der Waals surface area contributed by atoms with Crippen LogP contribution in [0.2, 0.25) is 10.0 Å². The molecule has 0 amide bonds. The third-order valence-corrected chi connectivity index (χ3v) is 3.43. The minimum Gasteiger partial charge on any atom is -0.246 e. The number of nitrogens with zero attached hydrogens (tertiary/aromatic N) is 1. The topological polar surface area (TPSA) is 12.4 Å². The molecule has 1 heterocycles. The highest BCUT2D eigenvalue weighted by Gasteiger charge is 2.45. The number of hydrogen-bond donors (Lipinski definition) is 0. The molecule has 1 aliphatic heterocycles. The first-order valence-electron chi connectivity index (χ1n) is 5.51. The molecule has 0 fully saturated rings. The largest absolute Gasteiger partial charge is 0.317 e. The lowest BCUT2D eigenvalue weighted by atomic mass is 10.0. The molecule has 1 aliphatic rings. The molecule has 5 heteroatoms. The van der Waals surface area contributed by atoms with E-state index in [9.17, 15) is 8.78 Å². The zero-order valence-corrected chi connectivity index (χ0v) is 11.0. The summed E-state index contributed by atoms with van der Waals surface area (Å²) in [4.78, 5) is 4.00. The van der Waals surface area contributed by atoms with Crippen molar-refractivity contribution in [1.82, 2.24) is 0 Å². The average molecular weight is 298 g/mol. The Labute approximate surface area is 118 Å². The van der Waals surface area contributed by atoms with E-state index in [4.69, 9.17) is 23.2 Å². The van der Waals surface area contributed by atoms with Crippen LogP contribution in [0.4, 0.5) is 14.5 Å². The second-order valence-electron chi connectivity index (χ2n) is 4.20. The van der Waals surface area contributed by atoms with E-state index < -0.39 is 5.92 Å². The van der Waals surface area contributed by atoms with Gasteiger partial charge in [-0.15, -0.1) is 0 Å². The van der Waals surface area contributed by atoms with Gasteiger partial charge in [0.25, 0.3) is 0 Å². The predicted octanol–water partition coefficient (Wildman–Crippen LogP) is 5.22. The van der Waals surface area contributed by atoms with Crippen LogP contribution in [0.15, 0.2) is 47.5 Å². The van der Waals surface area contributed by atoms with Crippen LogP contribution in [0.1, 0.15) is 11.1 Å². The summed E-state index contributed by atoms with van der Waals surface area (Å²) in [5.74, 6) is -3.12. The first kappa shape index (κ1) is 12.6. The van der Waals surface area contributed by atoms with Crippen molar-refractivity contribution in [3.8, 4) is 0 Å². The second kappa shape index (κ2) is 4.29. The first-order chi connectivity index (χ1) is 8.98. The summed E-state index contributed by atoms with van der Waals surface area (Å²) in [6, 6.07) is 10.4. The van der Waals surface area contributed by atoms with Gasteiger partial charge in [0, 0.05) is 15.6 Å². The van der Waals surface area contributed by atoms with Crippen LogP contribution in [0.5, 0.6) is 0 Å². The van der Waals surface area contributed by atoms with E-state index in [-0.39, 0.29) is 17.0 Å². The molecule has 0 N–H and O–H groups in total. The van der Waals surface area contributed by atoms with Crippen LogP contribution >= 0.6 is 23.2 Å². The van der Waals surface area contributed by atoms with E-state index in [2.05, 4.69) is 4.99 Å². The maximum absolute atomic E-state index is 14.3. The zero-order chi connectivity index (χ0) is 13.6. The van der Waals surface area contributed by atoms with Crippen molar-refractivity contribution in [2.45, 2.75) is 5.92 Å². The van der Waals surface area contributed by atoms with Crippen molar-refractivity contribution >= 4 is 34.6 Å². The third-order valence-electron chi connectivity index (χ3n) is 2.95. The number of aliphatic imine (C=N–C) groups is 1. The number of rotatable bonds is 1. The van der Waals surface area contributed by atoms with Gasteiger partial charge < -0.3 is 0 Å². The Bertz CT molecular complexity index is 678. The van der Waals surface area contributed by atoms with Gasteiger partial charge in [-0.05, 0) is 30.3 Å². The monoisotopic (exact) mass is 297 g/mol. The quantitative estimate of drug-likeness (QED) is 0.684. The van der Waals surface area contributed by atoms with Crippen molar-refractivity contribution in [2.24, 2.45) is 4.99 Å². The highest BCUT2D eigenvalue weighted by molar-refractivity contribution is 6.31. The van der Waals surface area contributed by atoms with E-state index in [1.54, 1.807) is 12.1 Å². The van der Waals surface area contributed by atoms with E-state index in [1.165, 1.54) is 30.3 Å². The van der Waals surface area contributed by atoms with E-state index in [0.717, 1.165) is 0 Å². The lowest BCUT2D eigenvalue weighted by Gasteiger charge is -2.13. The Morgan fingerprint density at radius 2 is 1.53 bits per heavy atom. The van der Waals surface area contributed by atoms with Gasteiger partial charge in [0.2, 0.25) is 0 Å². The van der Waals surface area contributed by atoms with Crippen LogP contribution in [-0.4, -0.2) is 5.71 Å². The minimum atomic E-state index is -3.12. The van der Waals surface area contributed by atoms with Gasteiger partial charge in [-0.1, -0.05) is 35.3 Å². The smallest absolute Gasteiger partial charge is 0.246 e. The Balaban J connectivity index is 2.14. The Morgan fingerprint density at radius 1 is 0.895 bits per heavy atom. The fraction of sp³-hybridized carbons (Fsp3) is 0.0714. The van der Waals surface area contributed by atoms with Gasteiger partial charge in [-0.3, -0.25) is 0 Å². The van der Waals surface area contributed by atoms with Gasteiger partial charge in [-0.2, -0.15) is 8.78 Å². The lowest BCUT2D eigenvalue weighted by Crippen LogP contribution is -2.23. The van der Waals surface area contributed by atoms with E-state index in [1.807, 2.05) is 0 Å². The summed E-state index contributed by atoms with van der Waals surface area (Å²) in [6.45, 7) is 0. The first-order valence-corrected chi connectivity index (χ1v) is 6.27. The summed E-state index contributed by atoms with van der Waals surface area (Å²) in [7, 11) is 0. The molecule has 0 aliphatic carbocycles. The van der Waals surface area contributed by atoms with Gasteiger partial charge in [-0.25, -0.2) is 4.99 Å². The van der Waals surface area contributed by atoms with Crippen LogP contribution in [0.25, 0.3) is 0 Å². The number of benzene rings is 2. The second-order valence-corrected chi connectivity index (χ2v) is 5.08. The van der Waals surface area contributed by atoms with Gasteiger partial charge in [0.05, 0.1) is 11.3 Å². The van der Waals surface area contributed by atoms with Crippen LogP contribution in [0.3, 0.4) is 0 Å². The van der Waals surface area contributed by atoms with E-state index >= 15 is 0 Å². The van der Waals surface area contributed by atoms with Crippen molar-refractivity contribution in [1.29, 1.82) is 0 Å². The van der Waals surface area contributed by atoms with Crippen LogP contribution < -0.4 is 0 Å². The maximum Gasteiger partial charge on any atom is 0.317 e. The summed E-state index contributed by atoms with van der Waals surface area (Å²) in [5.41, 5.74) is 0.160. The SMILES string of the molecule is FC1(F)C(c2ccc(Cl)cc2)=Nc2cc(Cl)ccc21. The summed E-state index contributed by atoms with van der Waals surface area (Å²) in [5, 5.41) is 0.877. The zero-order valence-electron chi connectivity index (χ0n) is 9.50. The highest BCUT2D eigenvalue weighted by atomic mass is 35.5.